The number of rotatable bonds is 74. The molecule has 566 valence electrons. The summed E-state index contributed by atoms with van der Waals surface area (Å²) in [5.74, 6) is -0.609. The zero-order chi connectivity index (χ0) is 70.7. The first-order valence-electron chi connectivity index (χ1n) is 39.3. The van der Waals surface area contributed by atoms with Gasteiger partial charge in [0, 0.05) is 25.7 Å². The highest BCUT2D eigenvalue weighted by Crippen LogP contribution is 2.45. The Labute approximate surface area is 586 Å². The third kappa shape index (κ3) is 70.0. The molecule has 0 aliphatic carbocycles. The molecule has 0 fully saturated rings. The molecule has 0 radical (unpaired) electrons. The van der Waals surface area contributed by atoms with Gasteiger partial charge in [0.1, 0.15) is 19.3 Å². The second kappa shape index (κ2) is 68.3. The third-order valence-electron chi connectivity index (χ3n) is 17.3. The average molecular weight is 1410 g/mol. The van der Waals surface area contributed by atoms with E-state index in [0.717, 1.165) is 121 Å². The lowest BCUT2D eigenvalue weighted by molar-refractivity contribution is -0.161. The van der Waals surface area contributed by atoms with Crippen molar-refractivity contribution in [3.8, 4) is 0 Å². The predicted octanol–water partition coefficient (Wildman–Crippen LogP) is 22.3. The van der Waals surface area contributed by atoms with E-state index in [1.54, 1.807) is 0 Å². The second-order valence-corrected chi connectivity index (χ2v) is 30.9. The standard InChI is InChI=1S/C77H146O17P2/c1-7-9-11-13-15-17-19-21-22-25-29-36-42-48-54-60-75(80)88-65-72(93-76(81)61-55-49-43-37-30-26-23-24-27-33-39-45-51-57-69(3)4)67-91-95(83,84)89-63-71(78)64-90-96(85,86)92-68-73(66-87-74(79)59-53-47-41-35-28-20-18-16-14-12-10-8-2)94-77(82)62-56-50-44-38-32-31-34-40-46-52-58-70(5)6/h17,19,21-22,69-73,78H,7-16,18,20,23-68H2,1-6H3,(H,83,84)(H,85,86)/b19-17-,22-21-/t71-,72-,73-/m1/s1. The van der Waals surface area contributed by atoms with Gasteiger partial charge in [-0.15, -0.1) is 0 Å². The zero-order valence-corrected chi connectivity index (χ0v) is 63.9. The maximum Gasteiger partial charge on any atom is 0.472 e. The molecule has 3 N–H and O–H groups in total. The van der Waals surface area contributed by atoms with E-state index in [0.29, 0.717) is 25.7 Å². The second-order valence-electron chi connectivity index (χ2n) is 28.0. The highest BCUT2D eigenvalue weighted by Gasteiger charge is 2.30. The van der Waals surface area contributed by atoms with Crippen molar-refractivity contribution in [1.82, 2.24) is 0 Å². The van der Waals surface area contributed by atoms with Crippen LogP contribution in [0.4, 0.5) is 0 Å². The highest BCUT2D eigenvalue weighted by molar-refractivity contribution is 7.47. The van der Waals surface area contributed by atoms with Crippen molar-refractivity contribution in [2.75, 3.05) is 39.6 Å². The number of aliphatic hydroxyl groups is 1. The van der Waals surface area contributed by atoms with Gasteiger partial charge in [0.2, 0.25) is 0 Å². The minimum Gasteiger partial charge on any atom is -0.462 e. The fraction of sp³-hybridized carbons (Fsp3) is 0.896. The van der Waals surface area contributed by atoms with Crippen LogP contribution in [0.15, 0.2) is 24.3 Å². The van der Waals surface area contributed by atoms with Crippen molar-refractivity contribution in [2.45, 2.75) is 394 Å². The minimum absolute atomic E-state index is 0.100. The number of carbonyl (C=O) groups is 4. The van der Waals surface area contributed by atoms with Crippen LogP contribution < -0.4 is 0 Å². The maximum absolute atomic E-state index is 13.1. The van der Waals surface area contributed by atoms with Crippen molar-refractivity contribution in [3.63, 3.8) is 0 Å². The van der Waals surface area contributed by atoms with Gasteiger partial charge in [0.05, 0.1) is 26.4 Å². The molecule has 0 aliphatic rings. The summed E-state index contributed by atoms with van der Waals surface area (Å²) >= 11 is 0. The maximum atomic E-state index is 13.1. The summed E-state index contributed by atoms with van der Waals surface area (Å²) in [7, 11) is -9.92. The van der Waals surface area contributed by atoms with E-state index in [1.807, 2.05) is 0 Å². The van der Waals surface area contributed by atoms with Crippen LogP contribution in [0.5, 0.6) is 0 Å². The van der Waals surface area contributed by atoms with Crippen LogP contribution in [-0.2, 0) is 65.4 Å². The Hall–Kier alpha value is -2.46. The minimum atomic E-state index is -4.97. The lowest BCUT2D eigenvalue weighted by atomic mass is 10.0. The molecule has 0 aromatic heterocycles. The number of hydrogen-bond acceptors (Lipinski definition) is 15. The number of phosphoric acid groups is 2. The van der Waals surface area contributed by atoms with Gasteiger partial charge in [0.15, 0.2) is 12.2 Å². The monoisotopic (exact) mass is 1410 g/mol. The number of hydrogen-bond donors (Lipinski definition) is 3. The van der Waals surface area contributed by atoms with E-state index in [2.05, 4.69) is 65.8 Å². The molecule has 2 unspecified atom stereocenters. The summed E-state index contributed by atoms with van der Waals surface area (Å²) in [6.45, 7) is 9.54. The summed E-state index contributed by atoms with van der Waals surface area (Å²) in [6.07, 6.45) is 58.9. The molecular weight excluding hydrogens is 1260 g/mol. The van der Waals surface area contributed by atoms with Crippen LogP contribution in [0.1, 0.15) is 375 Å². The lowest BCUT2D eigenvalue weighted by Crippen LogP contribution is -2.30. The fourth-order valence-corrected chi connectivity index (χ4v) is 12.9. The van der Waals surface area contributed by atoms with Crippen molar-refractivity contribution in [2.24, 2.45) is 11.8 Å². The Kier molecular flexibility index (Phi) is 66.6. The molecule has 0 aromatic carbocycles. The van der Waals surface area contributed by atoms with Crippen LogP contribution >= 0.6 is 15.6 Å². The summed E-state index contributed by atoms with van der Waals surface area (Å²) < 4.78 is 68.5. The van der Waals surface area contributed by atoms with Crippen molar-refractivity contribution in [3.05, 3.63) is 24.3 Å². The molecule has 0 aromatic rings. The quantitative estimate of drug-likeness (QED) is 0.0169. The highest BCUT2D eigenvalue weighted by atomic mass is 31.2. The van der Waals surface area contributed by atoms with Crippen molar-refractivity contribution < 1.29 is 80.2 Å². The SMILES string of the molecule is CCCCCC/C=C\C=C/CCCCCCCC(=O)OC[C@H](COP(=O)(O)OC[C@@H](O)COP(=O)(O)OC[C@@H](COC(=O)CCCCCCCCCCCCCC)OC(=O)CCCCCCCCCCCCC(C)C)OC(=O)CCCCCCCCCCCCCCCC(C)C. The molecule has 96 heavy (non-hydrogen) atoms. The van der Waals surface area contributed by atoms with Gasteiger partial charge in [-0.1, -0.05) is 323 Å². The van der Waals surface area contributed by atoms with Crippen LogP contribution in [0.3, 0.4) is 0 Å². The van der Waals surface area contributed by atoms with Gasteiger partial charge in [-0.2, -0.15) is 0 Å². The molecule has 0 amide bonds. The third-order valence-corrected chi connectivity index (χ3v) is 19.2. The zero-order valence-electron chi connectivity index (χ0n) is 62.2. The summed E-state index contributed by atoms with van der Waals surface area (Å²) in [4.78, 5) is 72.9. The van der Waals surface area contributed by atoms with Crippen LogP contribution in [-0.4, -0.2) is 96.7 Å². The molecule has 0 bridgehead atoms. The van der Waals surface area contributed by atoms with Gasteiger partial charge >= 0.3 is 39.5 Å². The Morgan fingerprint density at radius 1 is 0.323 bits per heavy atom. The number of esters is 4. The van der Waals surface area contributed by atoms with Crippen molar-refractivity contribution in [1.29, 1.82) is 0 Å². The summed E-state index contributed by atoms with van der Waals surface area (Å²) in [5, 5.41) is 10.6. The molecule has 0 spiro atoms. The van der Waals surface area contributed by atoms with Crippen LogP contribution in [0.2, 0.25) is 0 Å². The number of aliphatic hydroxyl groups excluding tert-OH is 1. The molecule has 0 saturated carbocycles. The normalized spacial score (nSPS) is 14.2. The molecular formula is C77H146O17P2. The van der Waals surface area contributed by atoms with E-state index in [-0.39, 0.29) is 25.7 Å². The number of carbonyl (C=O) groups excluding carboxylic acids is 4. The van der Waals surface area contributed by atoms with E-state index in [4.69, 9.17) is 37.0 Å². The Balaban J connectivity index is 5.30. The van der Waals surface area contributed by atoms with E-state index in [1.165, 1.54) is 173 Å². The van der Waals surface area contributed by atoms with E-state index >= 15 is 0 Å². The number of allylic oxidation sites excluding steroid dienone is 4. The van der Waals surface area contributed by atoms with Gasteiger partial charge < -0.3 is 33.8 Å². The van der Waals surface area contributed by atoms with Gasteiger partial charge in [-0.25, -0.2) is 9.13 Å². The topological polar surface area (TPSA) is 237 Å². The first-order valence-corrected chi connectivity index (χ1v) is 42.3. The average Bonchev–Trinajstić information content (AvgIpc) is 1.31. The molecule has 0 saturated heterocycles. The molecule has 19 heteroatoms. The lowest BCUT2D eigenvalue weighted by Gasteiger charge is -2.21. The Morgan fingerprint density at radius 2 is 0.562 bits per heavy atom. The Morgan fingerprint density at radius 3 is 0.854 bits per heavy atom. The van der Waals surface area contributed by atoms with Crippen molar-refractivity contribution >= 4 is 39.5 Å². The Bertz CT molecular complexity index is 1950. The number of ether oxygens (including phenoxy) is 4. The van der Waals surface area contributed by atoms with E-state index < -0.39 is 97.5 Å². The number of phosphoric ester groups is 2. The fourth-order valence-electron chi connectivity index (χ4n) is 11.3. The van der Waals surface area contributed by atoms with Crippen LogP contribution in [0.25, 0.3) is 0 Å². The smallest absolute Gasteiger partial charge is 0.462 e. The molecule has 0 aliphatic heterocycles. The van der Waals surface area contributed by atoms with Gasteiger partial charge in [-0.3, -0.25) is 37.3 Å². The summed E-state index contributed by atoms with van der Waals surface area (Å²) in [5.41, 5.74) is 0. The first-order chi connectivity index (χ1) is 46.4. The van der Waals surface area contributed by atoms with E-state index in [9.17, 15) is 43.2 Å². The van der Waals surface area contributed by atoms with Crippen LogP contribution in [0, 0.1) is 11.8 Å². The number of unbranched alkanes of at least 4 members (excludes halogenated alkanes) is 41. The largest absolute Gasteiger partial charge is 0.472 e. The summed E-state index contributed by atoms with van der Waals surface area (Å²) in [6, 6.07) is 0. The molecule has 0 rings (SSSR count). The molecule has 0 heterocycles. The van der Waals surface area contributed by atoms with Gasteiger partial charge in [0.25, 0.3) is 0 Å². The predicted molar refractivity (Wildman–Crippen MR) is 391 cm³/mol. The molecule has 17 nitrogen and oxygen atoms in total. The first kappa shape index (κ1) is 93.5. The van der Waals surface area contributed by atoms with Gasteiger partial charge in [-0.05, 0) is 63.2 Å². The molecule has 5 atom stereocenters.